The van der Waals surface area contributed by atoms with Gasteiger partial charge in [-0.1, -0.05) is 17.8 Å². The van der Waals surface area contributed by atoms with E-state index in [1.807, 2.05) is 30.3 Å². The lowest BCUT2D eigenvalue weighted by atomic mass is 10.1. The third-order valence-corrected chi connectivity index (χ3v) is 4.77. The van der Waals surface area contributed by atoms with Crippen molar-refractivity contribution < 1.29 is 14.3 Å². The number of nitrogens with zero attached hydrogens (tertiary/aromatic N) is 3. The number of methoxy groups -OCH3 is 2. The number of hydrogen-bond acceptors (Lipinski definition) is 8. The summed E-state index contributed by atoms with van der Waals surface area (Å²) in [6.45, 7) is 0.447. The number of nitrogens with two attached hydrogens (primary N) is 1. The number of pyridine rings is 1. The number of nitrogen functional groups attached to an aromatic ring is 1. The Hall–Kier alpha value is -3.43. The molecule has 0 aliphatic heterocycles. The summed E-state index contributed by atoms with van der Waals surface area (Å²) in [6, 6.07) is 10.8. The van der Waals surface area contributed by atoms with Crippen LogP contribution in [0.25, 0.3) is 0 Å². The first-order chi connectivity index (χ1) is 13.5. The SMILES string of the molecule is COc1ccc(CCNC(=O)CSc2nc(N)c(C#N)cc2C#N)cc1OC. The Balaban J connectivity index is 1.88. The van der Waals surface area contributed by atoms with Gasteiger partial charge in [0.05, 0.1) is 31.1 Å². The number of ether oxygens (including phenoxy) is 2. The summed E-state index contributed by atoms with van der Waals surface area (Å²) in [4.78, 5) is 16.1. The van der Waals surface area contributed by atoms with Gasteiger partial charge in [0.25, 0.3) is 0 Å². The number of amides is 1. The molecule has 1 aromatic carbocycles. The third-order valence-electron chi connectivity index (χ3n) is 3.78. The van der Waals surface area contributed by atoms with Crippen molar-refractivity contribution in [3.05, 3.63) is 41.0 Å². The number of carbonyl (C=O) groups excluding carboxylic acids is 1. The molecule has 0 spiro atoms. The van der Waals surface area contributed by atoms with E-state index in [1.165, 1.54) is 6.07 Å². The summed E-state index contributed by atoms with van der Waals surface area (Å²) in [7, 11) is 3.14. The maximum Gasteiger partial charge on any atom is 0.230 e. The van der Waals surface area contributed by atoms with Gasteiger partial charge in [-0.15, -0.1) is 0 Å². The van der Waals surface area contributed by atoms with Gasteiger partial charge in [-0.3, -0.25) is 4.79 Å². The van der Waals surface area contributed by atoms with Crippen molar-refractivity contribution in [2.45, 2.75) is 11.4 Å². The van der Waals surface area contributed by atoms with Crippen molar-refractivity contribution in [2.24, 2.45) is 0 Å². The fraction of sp³-hybridized carbons (Fsp3) is 0.263. The Morgan fingerprint density at radius 3 is 2.54 bits per heavy atom. The molecule has 2 rings (SSSR count). The number of rotatable bonds is 8. The molecule has 3 N–H and O–H groups in total. The van der Waals surface area contributed by atoms with Crippen LogP contribution in [0.15, 0.2) is 29.3 Å². The first-order valence-electron chi connectivity index (χ1n) is 8.23. The Morgan fingerprint density at radius 1 is 1.18 bits per heavy atom. The molecule has 1 heterocycles. The van der Waals surface area contributed by atoms with Gasteiger partial charge in [-0.05, 0) is 30.2 Å². The van der Waals surface area contributed by atoms with Gasteiger partial charge < -0.3 is 20.5 Å². The van der Waals surface area contributed by atoms with Crippen molar-refractivity contribution in [3.8, 4) is 23.6 Å². The van der Waals surface area contributed by atoms with Crippen LogP contribution in [0, 0.1) is 22.7 Å². The fourth-order valence-corrected chi connectivity index (χ4v) is 3.15. The van der Waals surface area contributed by atoms with Gasteiger partial charge in [-0.25, -0.2) is 4.98 Å². The summed E-state index contributed by atoms with van der Waals surface area (Å²) in [5.74, 6) is 1.21. The molecule has 1 amide bonds. The van der Waals surface area contributed by atoms with Gasteiger partial charge in [-0.2, -0.15) is 10.5 Å². The van der Waals surface area contributed by atoms with Crippen LogP contribution >= 0.6 is 11.8 Å². The fourth-order valence-electron chi connectivity index (χ4n) is 2.36. The second-order valence-electron chi connectivity index (χ2n) is 5.58. The summed E-state index contributed by atoms with van der Waals surface area (Å²) in [5.41, 5.74) is 7.03. The normalized spacial score (nSPS) is 9.86. The summed E-state index contributed by atoms with van der Waals surface area (Å²) < 4.78 is 10.5. The molecule has 0 saturated carbocycles. The van der Waals surface area contributed by atoms with Crippen molar-refractivity contribution in [2.75, 3.05) is 32.3 Å². The highest BCUT2D eigenvalue weighted by molar-refractivity contribution is 8.00. The second kappa shape index (κ2) is 10.0. The lowest BCUT2D eigenvalue weighted by Gasteiger charge is -2.10. The van der Waals surface area contributed by atoms with E-state index in [0.29, 0.717) is 29.5 Å². The number of carbonyl (C=O) groups is 1. The number of thioether (sulfide) groups is 1. The molecule has 0 bridgehead atoms. The van der Waals surface area contributed by atoms with Crippen LogP contribution < -0.4 is 20.5 Å². The van der Waals surface area contributed by atoms with Crippen LogP contribution in [-0.4, -0.2) is 37.4 Å². The highest BCUT2D eigenvalue weighted by atomic mass is 32.2. The molecular weight excluding hydrogens is 378 g/mol. The predicted octanol–water partition coefficient (Wildman–Crippen LogP) is 1.88. The Morgan fingerprint density at radius 2 is 1.89 bits per heavy atom. The molecule has 28 heavy (non-hydrogen) atoms. The van der Waals surface area contributed by atoms with E-state index in [0.717, 1.165) is 17.3 Å². The zero-order valence-corrected chi connectivity index (χ0v) is 16.3. The smallest absolute Gasteiger partial charge is 0.230 e. The molecule has 2 aromatic rings. The van der Waals surface area contributed by atoms with Crippen molar-refractivity contribution in [3.63, 3.8) is 0 Å². The Kier molecular flexibility index (Phi) is 7.49. The standard InChI is InChI=1S/C19H19N5O3S/c1-26-15-4-3-12(7-16(15)27-2)5-6-23-17(25)11-28-19-14(10-21)8-13(9-20)18(22)24-19/h3-4,7-8H,5-6,11H2,1-2H3,(H2,22,24)(H,23,25). The van der Waals surface area contributed by atoms with Gasteiger partial charge in [0.1, 0.15) is 23.0 Å². The number of aromatic nitrogens is 1. The summed E-state index contributed by atoms with van der Waals surface area (Å²) in [6.07, 6.45) is 0.627. The number of nitriles is 2. The molecule has 1 aromatic heterocycles. The van der Waals surface area contributed by atoms with Crippen LogP contribution in [0.2, 0.25) is 0 Å². The lowest BCUT2D eigenvalue weighted by Crippen LogP contribution is -2.27. The molecule has 0 unspecified atom stereocenters. The van der Waals surface area contributed by atoms with Gasteiger partial charge in [0.2, 0.25) is 5.91 Å². The molecule has 0 aliphatic rings. The maximum atomic E-state index is 12.1. The largest absolute Gasteiger partial charge is 0.493 e. The minimum Gasteiger partial charge on any atom is -0.493 e. The van der Waals surface area contributed by atoms with Crippen molar-refractivity contribution in [1.82, 2.24) is 10.3 Å². The van der Waals surface area contributed by atoms with E-state index in [4.69, 9.17) is 25.7 Å². The monoisotopic (exact) mass is 397 g/mol. The van der Waals surface area contributed by atoms with Gasteiger partial charge in [0.15, 0.2) is 11.5 Å². The summed E-state index contributed by atoms with van der Waals surface area (Å²) >= 11 is 1.10. The lowest BCUT2D eigenvalue weighted by molar-refractivity contribution is -0.118. The van der Waals surface area contributed by atoms with E-state index < -0.39 is 0 Å². The number of anilines is 1. The highest BCUT2D eigenvalue weighted by Crippen LogP contribution is 2.27. The quantitative estimate of drug-likeness (QED) is 0.645. The molecule has 9 heteroatoms. The van der Waals surface area contributed by atoms with E-state index in [1.54, 1.807) is 14.2 Å². The summed E-state index contributed by atoms with van der Waals surface area (Å²) in [5, 5.41) is 21.2. The first-order valence-corrected chi connectivity index (χ1v) is 9.22. The third kappa shape index (κ3) is 5.29. The van der Waals surface area contributed by atoms with Crippen LogP contribution in [-0.2, 0) is 11.2 Å². The topological polar surface area (TPSA) is 134 Å². The van der Waals surface area contributed by atoms with Gasteiger partial charge >= 0.3 is 0 Å². The molecule has 0 aliphatic carbocycles. The second-order valence-corrected chi connectivity index (χ2v) is 6.54. The minimum atomic E-state index is -0.195. The zero-order valence-electron chi connectivity index (χ0n) is 15.5. The van der Waals surface area contributed by atoms with E-state index in [2.05, 4.69) is 10.3 Å². The van der Waals surface area contributed by atoms with Gasteiger partial charge in [0, 0.05) is 6.54 Å². The van der Waals surface area contributed by atoms with Crippen LogP contribution in [0.5, 0.6) is 11.5 Å². The Labute approximate surface area is 167 Å². The van der Waals surface area contributed by atoms with Crippen LogP contribution in [0.3, 0.4) is 0 Å². The van der Waals surface area contributed by atoms with E-state index in [-0.39, 0.29) is 28.6 Å². The number of benzene rings is 1. The predicted molar refractivity (Wildman–Crippen MR) is 105 cm³/mol. The average Bonchev–Trinajstić information content (AvgIpc) is 2.72. The maximum absolute atomic E-state index is 12.1. The number of nitrogens with one attached hydrogen (secondary N) is 1. The first kappa shape index (κ1) is 20.9. The highest BCUT2D eigenvalue weighted by Gasteiger charge is 2.12. The van der Waals surface area contributed by atoms with E-state index in [9.17, 15) is 4.79 Å². The number of hydrogen-bond donors (Lipinski definition) is 2. The average molecular weight is 397 g/mol. The molecule has 0 atom stereocenters. The molecular formula is C19H19N5O3S. The molecule has 8 nitrogen and oxygen atoms in total. The van der Waals surface area contributed by atoms with Crippen molar-refractivity contribution in [1.29, 1.82) is 10.5 Å². The van der Waals surface area contributed by atoms with Crippen LogP contribution in [0.1, 0.15) is 16.7 Å². The van der Waals surface area contributed by atoms with Crippen LogP contribution in [0.4, 0.5) is 5.82 Å². The molecule has 0 saturated heterocycles. The van der Waals surface area contributed by atoms with Crippen molar-refractivity contribution >= 4 is 23.5 Å². The zero-order chi connectivity index (χ0) is 20.5. The Bertz CT molecular complexity index is 950. The minimum absolute atomic E-state index is 0.0397. The molecule has 144 valence electrons. The molecule has 0 radical (unpaired) electrons. The molecule has 0 fully saturated rings. The van der Waals surface area contributed by atoms with E-state index >= 15 is 0 Å².